The van der Waals surface area contributed by atoms with E-state index in [4.69, 9.17) is 4.74 Å². The summed E-state index contributed by atoms with van der Waals surface area (Å²) in [6, 6.07) is 21.5. The van der Waals surface area contributed by atoms with Crippen molar-refractivity contribution in [2.24, 2.45) is 0 Å². The average Bonchev–Trinajstić information content (AvgIpc) is 2.68. The van der Waals surface area contributed by atoms with E-state index >= 15 is 0 Å². The van der Waals surface area contributed by atoms with Gasteiger partial charge in [0.25, 0.3) is 5.56 Å². The van der Waals surface area contributed by atoms with Gasteiger partial charge < -0.3 is 9.72 Å². The molecule has 0 radical (unpaired) electrons. The van der Waals surface area contributed by atoms with Gasteiger partial charge in [-0.25, -0.2) is 4.98 Å². The molecule has 0 aliphatic rings. The Morgan fingerprint density at radius 2 is 1.54 bits per heavy atom. The number of ether oxygens (including phenoxy) is 1. The van der Waals surface area contributed by atoms with Crippen LogP contribution in [0.15, 0.2) is 81.6 Å². The molecule has 1 N–H and O–H groups in total. The molecule has 134 valence electrons. The van der Waals surface area contributed by atoms with Gasteiger partial charge in [-0.05, 0) is 12.1 Å². The van der Waals surface area contributed by atoms with Crippen molar-refractivity contribution in [3.05, 3.63) is 77.1 Å². The van der Waals surface area contributed by atoms with Gasteiger partial charge in [0.1, 0.15) is 0 Å². The largest absolute Gasteiger partial charge is 0.380 e. The molecular formula is C20H20N2O2S2. The molecule has 3 rings (SSSR count). The van der Waals surface area contributed by atoms with Crippen LogP contribution < -0.4 is 5.56 Å². The fourth-order valence-corrected chi connectivity index (χ4v) is 3.81. The molecule has 0 saturated heterocycles. The molecule has 4 nitrogen and oxygen atoms in total. The Labute approximate surface area is 161 Å². The van der Waals surface area contributed by atoms with E-state index in [9.17, 15) is 4.79 Å². The highest BCUT2D eigenvalue weighted by atomic mass is 32.2. The number of aromatic amines is 1. The second-order valence-electron chi connectivity index (χ2n) is 5.42. The van der Waals surface area contributed by atoms with Gasteiger partial charge in [-0.1, -0.05) is 60.3 Å². The Morgan fingerprint density at radius 3 is 2.27 bits per heavy atom. The first-order valence-electron chi connectivity index (χ1n) is 8.36. The van der Waals surface area contributed by atoms with Gasteiger partial charge in [0, 0.05) is 28.0 Å². The molecule has 0 unspecified atom stereocenters. The highest BCUT2D eigenvalue weighted by molar-refractivity contribution is 7.99. The van der Waals surface area contributed by atoms with Crippen molar-refractivity contribution in [2.75, 3.05) is 24.7 Å². The van der Waals surface area contributed by atoms with E-state index in [1.54, 1.807) is 11.8 Å². The Bertz CT molecular complexity index is 854. The minimum absolute atomic E-state index is 0.137. The molecule has 0 fully saturated rings. The fraction of sp³-hybridized carbons (Fsp3) is 0.200. The molecule has 0 aliphatic heterocycles. The van der Waals surface area contributed by atoms with E-state index in [1.165, 1.54) is 22.7 Å². The predicted molar refractivity (Wildman–Crippen MR) is 109 cm³/mol. The van der Waals surface area contributed by atoms with Crippen LogP contribution in [0.25, 0.3) is 11.3 Å². The molecule has 2 aromatic carbocycles. The molecule has 1 heterocycles. The van der Waals surface area contributed by atoms with Gasteiger partial charge in [-0.2, -0.15) is 0 Å². The van der Waals surface area contributed by atoms with Crippen molar-refractivity contribution in [2.45, 2.75) is 10.1 Å². The van der Waals surface area contributed by atoms with Crippen LogP contribution in [-0.2, 0) is 4.74 Å². The van der Waals surface area contributed by atoms with Gasteiger partial charge >= 0.3 is 0 Å². The number of H-pyrrole nitrogens is 1. The zero-order valence-electron chi connectivity index (χ0n) is 14.3. The summed E-state index contributed by atoms with van der Waals surface area (Å²) in [5.41, 5.74) is 1.49. The van der Waals surface area contributed by atoms with Gasteiger partial charge in [0.2, 0.25) is 0 Å². The number of hydrogen-bond donors (Lipinski definition) is 1. The van der Waals surface area contributed by atoms with Crippen LogP contribution in [0.3, 0.4) is 0 Å². The number of nitrogens with zero attached hydrogens (tertiary/aromatic N) is 1. The number of hydrogen-bond acceptors (Lipinski definition) is 5. The van der Waals surface area contributed by atoms with Gasteiger partial charge in [-0.3, -0.25) is 4.79 Å². The van der Waals surface area contributed by atoms with Crippen molar-refractivity contribution in [1.29, 1.82) is 0 Å². The van der Waals surface area contributed by atoms with Crippen LogP contribution in [0.4, 0.5) is 0 Å². The summed E-state index contributed by atoms with van der Waals surface area (Å²) in [5, 5.41) is 0.624. The Balaban J connectivity index is 1.41. The standard InChI is InChI=1S/C20H20N2O2S2/c23-19-15-18(16-7-3-1-4-8-16)21-20(22-19)26-14-12-24-11-13-25-17-9-5-2-6-10-17/h1-10,15H,11-14H2,(H,21,22,23). The lowest BCUT2D eigenvalue weighted by molar-refractivity contribution is 0.167. The quantitative estimate of drug-likeness (QED) is 0.338. The molecule has 0 aliphatic carbocycles. The zero-order chi connectivity index (χ0) is 18.0. The van der Waals surface area contributed by atoms with Crippen LogP contribution in [-0.4, -0.2) is 34.7 Å². The topological polar surface area (TPSA) is 55.0 Å². The fourth-order valence-electron chi connectivity index (χ4n) is 2.29. The molecule has 0 spiro atoms. The maximum Gasteiger partial charge on any atom is 0.252 e. The van der Waals surface area contributed by atoms with Crippen molar-refractivity contribution < 1.29 is 4.74 Å². The lowest BCUT2D eigenvalue weighted by atomic mass is 10.1. The summed E-state index contributed by atoms with van der Waals surface area (Å²) in [6.45, 7) is 1.33. The van der Waals surface area contributed by atoms with E-state index in [1.807, 2.05) is 48.5 Å². The Hall–Kier alpha value is -2.02. The van der Waals surface area contributed by atoms with Crippen LogP contribution in [0, 0.1) is 0 Å². The zero-order valence-corrected chi connectivity index (χ0v) is 15.9. The number of rotatable bonds is 9. The molecule has 0 atom stereocenters. The second kappa shape index (κ2) is 10.2. The molecule has 0 bridgehead atoms. The van der Waals surface area contributed by atoms with E-state index in [0.29, 0.717) is 24.1 Å². The van der Waals surface area contributed by atoms with Crippen LogP contribution in [0.5, 0.6) is 0 Å². The maximum atomic E-state index is 11.9. The predicted octanol–water partition coefficient (Wildman–Crippen LogP) is 4.34. The minimum atomic E-state index is -0.137. The third-order valence-electron chi connectivity index (χ3n) is 3.50. The summed E-state index contributed by atoms with van der Waals surface area (Å²) in [5.74, 6) is 1.67. The number of benzene rings is 2. The summed E-state index contributed by atoms with van der Waals surface area (Å²) in [6.07, 6.45) is 0. The normalized spacial score (nSPS) is 10.8. The maximum absolute atomic E-state index is 11.9. The second-order valence-corrected chi connectivity index (χ2v) is 7.68. The molecule has 6 heteroatoms. The SMILES string of the molecule is O=c1cc(-c2ccccc2)nc(SCCOCCSc2ccccc2)[nH]1. The summed E-state index contributed by atoms with van der Waals surface area (Å²) in [7, 11) is 0. The lowest BCUT2D eigenvalue weighted by Crippen LogP contribution is -2.09. The number of thioether (sulfide) groups is 2. The summed E-state index contributed by atoms with van der Waals surface area (Å²) in [4.78, 5) is 20.4. The summed E-state index contributed by atoms with van der Waals surface area (Å²) < 4.78 is 5.66. The van der Waals surface area contributed by atoms with Crippen molar-refractivity contribution in [3.8, 4) is 11.3 Å². The first-order chi connectivity index (χ1) is 12.8. The molecular weight excluding hydrogens is 364 g/mol. The number of nitrogens with one attached hydrogen (secondary N) is 1. The van der Waals surface area contributed by atoms with Crippen LogP contribution >= 0.6 is 23.5 Å². The highest BCUT2D eigenvalue weighted by Crippen LogP contribution is 2.19. The third kappa shape index (κ3) is 6.05. The van der Waals surface area contributed by atoms with E-state index < -0.39 is 0 Å². The van der Waals surface area contributed by atoms with Crippen LogP contribution in [0.1, 0.15) is 0 Å². The molecule has 1 aromatic heterocycles. The Morgan fingerprint density at radius 1 is 0.885 bits per heavy atom. The third-order valence-corrected chi connectivity index (χ3v) is 5.31. The highest BCUT2D eigenvalue weighted by Gasteiger charge is 2.04. The smallest absolute Gasteiger partial charge is 0.252 e. The number of aromatic nitrogens is 2. The molecule has 0 saturated carbocycles. The van der Waals surface area contributed by atoms with Gasteiger partial charge in [0.05, 0.1) is 18.9 Å². The van der Waals surface area contributed by atoms with Gasteiger partial charge in [-0.15, -0.1) is 11.8 Å². The van der Waals surface area contributed by atoms with Crippen LogP contribution in [0.2, 0.25) is 0 Å². The minimum Gasteiger partial charge on any atom is -0.380 e. The molecule has 26 heavy (non-hydrogen) atoms. The summed E-state index contributed by atoms with van der Waals surface area (Å²) >= 11 is 3.28. The van der Waals surface area contributed by atoms with Crippen molar-refractivity contribution in [3.63, 3.8) is 0 Å². The van der Waals surface area contributed by atoms with E-state index in [0.717, 1.165) is 17.1 Å². The van der Waals surface area contributed by atoms with Gasteiger partial charge in [0.15, 0.2) is 5.16 Å². The van der Waals surface area contributed by atoms with Crippen molar-refractivity contribution in [1.82, 2.24) is 9.97 Å². The van der Waals surface area contributed by atoms with Crippen molar-refractivity contribution >= 4 is 23.5 Å². The van der Waals surface area contributed by atoms with E-state index in [-0.39, 0.29) is 5.56 Å². The average molecular weight is 385 g/mol. The van der Waals surface area contributed by atoms with E-state index in [2.05, 4.69) is 22.1 Å². The lowest BCUT2D eigenvalue weighted by Gasteiger charge is -2.06. The molecule has 0 amide bonds. The monoisotopic (exact) mass is 384 g/mol. The first-order valence-corrected chi connectivity index (χ1v) is 10.3. The Kier molecular flexibility index (Phi) is 7.37. The molecule has 3 aromatic rings. The first kappa shape index (κ1) is 18.8.